The van der Waals surface area contributed by atoms with Crippen molar-refractivity contribution in [3.05, 3.63) is 35.9 Å². The molecule has 1 atom stereocenters. The minimum absolute atomic E-state index is 0.194. The predicted octanol–water partition coefficient (Wildman–Crippen LogP) is 3.95. The number of alkyl carbamates (subject to hydrolysis) is 1. The zero-order chi connectivity index (χ0) is 22.4. The van der Waals surface area contributed by atoms with Gasteiger partial charge in [-0.1, -0.05) is 35.5 Å². The number of benzene rings is 1. The number of nitrogens with zero attached hydrogens (tertiary/aromatic N) is 2. The number of oxime groups is 1. The standard InChI is InChI=1S/C22H33N3O5/c1-21(2,3)29-19(26)23-12-17-13-25(20(27)30-22(4,5)6)14-18(17)24-28-15-16-10-8-7-9-11-16/h7-11,17H,12-15H2,1-6H3,(H,23,26). The molecule has 1 aliphatic rings. The average Bonchev–Trinajstić information content (AvgIpc) is 3.01. The van der Waals surface area contributed by atoms with Gasteiger partial charge in [0, 0.05) is 19.0 Å². The first-order chi connectivity index (χ1) is 13.9. The van der Waals surface area contributed by atoms with E-state index in [4.69, 9.17) is 14.3 Å². The van der Waals surface area contributed by atoms with Gasteiger partial charge >= 0.3 is 12.2 Å². The van der Waals surface area contributed by atoms with Crippen LogP contribution in [0.3, 0.4) is 0 Å². The van der Waals surface area contributed by atoms with Gasteiger partial charge in [-0.15, -0.1) is 0 Å². The number of amides is 2. The number of carbonyl (C=O) groups is 2. The Bertz CT molecular complexity index is 750. The molecule has 0 spiro atoms. The summed E-state index contributed by atoms with van der Waals surface area (Å²) in [5.41, 5.74) is 0.489. The molecule has 1 N–H and O–H groups in total. The summed E-state index contributed by atoms with van der Waals surface area (Å²) in [6.07, 6.45) is -0.930. The van der Waals surface area contributed by atoms with Crippen LogP contribution in [0.4, 0.5) is 9.59 Å². The number of hydrogen-bond acceptors (Lipinski definition) is 6. The molecule has 166 valence electrons. The van der Waals surface area contributed by atoms with Crippen LogP contribution >= 0.6 is 0 Å². The zero-order valence-electron chi connectivity index (χ0n) is 18.7. The van der Waals surface area contributed by atoms with Crippen LogP contribution in [0.1, 0.15) is 47.1 Å². The van der Waals surface area contributed by atoms with Crippen molar-refractivity contribution in [2.45, 2.75) is 59.4 Å². The average molecular weight is 420 g/mol. The third kappa shape index (κ3) is 8.31. The lowest BCUT2D eigenvalue weighted by Crippen LogP contribution is -2.38. The second-order valence-electron chi connectivity index (χ2n) is 9.28. The number of nitrogens with one attached hydrogen (secondary N) is 1. The lowest BCUT2D eigenvalue weighted by Gasteiger charge is -2.24. The predicted molar refractivity (Wildman–Crippen MR) is 114 cm³/mol. The van der Waals surface area contributed by atoms with Gasteiger partial charge in [-0.25, -0.2) is 9.59 Å². The van der Waals surface area contributed by atoms with Gasteiger partial charge in [0.25, 0.3) is 0 Å². The molecular weight excluding hydrogens is 386 g/mol. The lowest BCUT2D eigenvalue weighted by atomic mass is 10.1. The van der Waals surface area contributed by atoms with Crippen molar-refractivity contribution in [1.82, 2.24) is 10.2 Å². The van der Waals surface area contributed by atoms with E-state index >= 15 is 0 Å². The van der Waals surface area contributed by atoms with Crippen LogP contribution in [0.5, 0.6) is 0 Å². The molecule has 0 aromatic heterocycles. The van der Waals surface area contributed by atoms with Crippen molar-refractivity contribution in [1.29, 1.82) is 0 Å². The fraction of sp³-hybridized carbons (Fsp3) is 0.591. The Morgan fingerprint density at radius 1 is 1.07 bits per heavy atom. The van der Waals surface area contributed by atoms with Crippen LogP contribution in [0, 0.1) is 5.92 Å². The molecule has 0 aliphatic carbocycles. The zero-order valence-corrected chi connectivity index (χ0v) is 18.7. The van der Waals surface area contributed by atoms with E-state index in [1.54, 1.807) is 25.7 Å². The molecule has 8 nitrogen and oxygen atoms in total. The highest BCUT2D eigenvalue weighted by Gasteiger charge is 2.35. The highest BCUT2D eigenvalue weighted by atomic mass is 16.6. The van der Waals surface area contributed by atoms with E-state index in [-0.39, 0.29) is 19.0 Å². The monoisotopic (exact) mass is 419 g/mol. The van der Waals surface area contributed by atoms with Crippen molar-refractivity contribution < 1.29 is 23.9 Å². The maximum Gasteiger partial charge on any atom is 0.410 e. The molecule has 1 heterocycles. The molecule has 2 amide bonds. The highest BCUT2D eigenvalue weighted by molar-refractivity contribution is 5.94. The molecule has 30 heavy (non-hydrogen) atoms. The lowest BCUT2D eigenvalue weighted by molar-refractivity contribution is 0.0292. The van der Waals surface area contributed by atoms with Gasteiger partial charge in [-0.3, -0.25) is 0 Å². The normalized spacial score (nSPS) is 18.3. The molecule has 1 saturated heterocycles. The summed E-state index contributed by atoms with van der Waals surface area (Å²) < 4.78 is 10.7. The molecule has 1 unspecified atom stereocenters. The number of ether oxygens (including phenoxy) is 2. The van der Waals surface area contributed by atoms with E-state index in [0.29, 0.717) is 18.9 Å². The van der Waals surface area contributed by atoms with Gasteiger partial charge < -0.3 is 24.5 Å². The first-order valence-electron chi connectivity index (χ1n) is 10.1. The minimum Gasteiger partial charge on any atom is -0.444 e. The van der Waals surface area contributed by atoms with Crippen LogP contribution in [0.2, 0.25) is 0 Å². The van der Waals surface area contributed by atoms with E-state index in [2.05, 4.69) is 10.5 Å². The van der Waals surface area contributed by atoms with Crippen LogP contribution in [-0.4, -0.2) is 53.6 Å². The second-order valence-corrected chi connectivity index (χ2v) is 9.28. The molecule has 0 radical (unpaired) electrons. The summed E-state index contributed by atoms with van der Waals surface area (Å²) in [4.78, 5) is 31.6. The van der Waals surface area contributed by atoms with Crippen LogP contribution in [-0.2, 0) is 20.9 Å². The Morgan fingerprint density at radius 2 is 1.70 bits per heavy atom. The summed E-state index contributed by atoms with van der Waals surface area (Å²) >= 11 is 0. The number of carbonyl (C=O) groups excluding carboxylic acids is 2. The van der Waals surface area contributed by atoms with E-state index in [9.17, 15) is 9.59 Å². The van der Waals surface area contributed by atoms with Gasteiger partial charge in [-0.2, -0.15) is 0 Å². The molecule has 1 aliphatic heterocycles. The van der Waals surface area contributed by atoms with Gasteiger partial charge in [0.2, 0.25) is 0 Å². The largest absolute Gasteiger partial charge is 0.444 e. The first kappa shape index (κ1) is 23.5. The Morgan fingerprint density at radius 3 is 2.30 bits per heavy atom. The van der Waals surface area contributed by atoms with Crippen LogP contribution < -0.4 is 5.32 Å². The van der Waals surface area contributed by atoms with Gasteiger partial charge in [0.05, 0.1) is 12.3 Å². The molecular formula is C22H33N3O5. The third-order valence-electron chi connectivity index (χ3n) is 4.06. The topological polar surface area (TPSA) is 89.5 Å². The summed E-state index contributed by atoms with van der Waals surface area (Å²) in [7, 11) is 0. The Balaban J connectivity index is 2.02. The fourth-order valence-electron chi connectivity index (χ4n) is 2.80. The SMILES string of the molecule is CC(C)(C)OC(=O)NCC1CN(C(=O)OC(C)(C)C)CC1=NOCc1ccccc1. The molecule has 0 saturated carbocycles. The molecule has 1 fully saturated rings. The maximum atomic E-state index is 12.5. The summed E-state index contributed by atoms with van der Waals surface area (Å²) in [6, 6.07) is 9.69. The quantitative estimate of drug-likeness (QED) is 0.730. The summed E-state index contributed by atoms with van der Waals surface area (Å²) in [5, 5.41) is 7.01. The number of hydrogen-bond donors (Lipinski definition) is 1. The fourth-order valence-corrected chi connectivity index (χ4v) is 2.80. The molecule has 1 aromatic carbocycles. The van der Waals surface area contributed by atoms with Crippen molar-refractivity contribution in [2.75, 3.05) is 19.6 Å². The smallest absolute Gasteiger partial charge is 0.410 e. The van der Waals surface area contributed by atoms with Gasteiger partial charge in [0.1, 0.15) is 17.8 Å². The van der Waals surface area contributed by atoms with E-state index in [1.807, 2.05) is 51.1 Å². The van der Waals surface area contributed by atoms with E-state index in [0.717, 1.165) is 5.56 Å². The summed E-state index contributed by atoms with van der Waals surface area (Å²) in [6.45, 7) is 12.1. The van der Waals surface area contributed by atoms with Gasteiger partial charge in [-0.05, 0) is 47.1 Å². The van der Waals surface area contributed by atoms with Crippen molar-refractivity contribution >= 4 is 17.9 Å². The molecule has 8 heteroatoms. The molecule has 2 rings (SSSR count). The van der Waals surface area contributed by atoms with E-state index in [1.165, 1.54) is 0 Å². The number of rotatable bonds is 5. The van der Waals surface area contributed by atoms with Crippen molar-refractivity contribution in [2.24, 2.45) is 11.1 Å². The second kappa shape index (κ2) is 9.82. The maximum absolute atomic E-state index is 12.5. The summed E-state index contributed by atoms with van der Waals surface area (Å²) in [5.74, 6) is -0.194. The third-order valence-corrected chi connectivity index (χ3v) is 4.06. The van der Waals surface area contributed by atoms with Crippen molar-refractivity contribution in [3.63, 3.8) is 0 Å². The van der Waals surface area contributed by atoms with Crippen LogP contribution in [0.25, 0.3) is 0 Å². The first-order valence-corrected chi connectivity index (χ1v) is 10.1. The van der Waals surface area contributed by atoms with E-state index < -0.39 is 23.4 Å². The Labute approximate surface area is 178 Å². The minimum atomic E-state index is -0.592. The van der Waals surface area contributed by atoms with Crippen LogP contribution in [0.15, 0.2) is 35.5 Å². The van der Waals surface area contributed by atoms with Crippen molar-refractivity contribution in [3.8, 4) is 0 Å². The molecule has 1 aromatic rings. The Kier molecular flexibility index (Phi) is 7.70. The van der Waals surface area contributed by atoms with Gasteiger partial charge in [0.15, 0.2) is 0 Å². The molecule has 0 bridgehead atoms. The highest BCUT2D eigenvalue weighted by Crippen LogP contribution is 2.19. The Hall–Kier alpha value is -2.77. The number of likely N-dealkylation sites (tertiary alicyclic amines) is 1.